The van der Waals surface area contributed by atoms with Crippen LogP contribution in [0.1, 0.15) is 0 Å². The van der Waals surface area contributed by atoms with Crippen molar-refractivity contribution in [3.63, 3.8) is 0 Å². The highest BCUT2D eigenvalue weighted by Gasteiger charge is 2.20. The van der Waals surface area contributed by atoms with Gasteiger partial charge < -0.3 is 14.3 Å². The Balaban J connectivity index is 2.11. The lowest BCUT2D eigenvalue weighted by atomic mass is 9.94. The van der Waals surface area contributed by atoms with Gasteiger partial charge in [-0.2, -0.15) is 0 Å². The number of rotatable bonds is 2. The summed E-state index contributed by atoms with van der Waals surface area (Å²) in [6, 6.07) is 18.0. The lowest BCUT2D eigenvalue weighted by Crippen LogP contribution is -2.03. The van der Waals surface area contributed by atoms with E-state index in [0.717, 1.165) is 5.39 Å². The smallest absolute Gasteiger partial charge is 0.224 e. The number of para-hydroxylation sites is 1. The molecule has 2 aromatic rings. The van der Waals surface area contributed by atoms with Crippen LogP contribution in [0.4, 0.5) is 0 Å². The fraction of sp³-hybridized carbons (Fsp3) is 0.0500. The van der Waals surface area contributed by atoms with Crippen molar-refractivity contribution >= 4 is 11.0 Å². The monoisotopic (exact) mass is 318 g/mol. The van der Waals surface area contributed by atoms with E-state index in [1.165, 1.54) is 6.07 Å². The van der Waals surface area contributed by atoms with Crippen LogP contribution in [0.5, 0.6) is 11.5 Å². The molecule has 0 saturated carbocycles. The Bertz CT molecular complexity index is 1080. The topological polar surface area (TPSA) is 59.7 Å². The number of phenols is 1. The molecule has 0 saturated heterocycles. The molecule has 0 bridgehead atoms. The minimum absolute atomic E-state index is 0.291. The lowest BCUT2D eigenvalue weighted by molar-refractivity contribution is 0.415. The summed E-state index contributed by atoms with van der Waals surface area (Å²) in [4.78, 5) is 12.2. The van der Waals surface area contributed by atoms with Crippen molar-refractivity contribution < 1.29 is 14.3 Å². The zero-order valence-electron chi connectivity index (χ0n) is 12.9. The van der Waals surface area contributed by atoms with Gasteiger partial charge in [-0.1, -0.05) is 30.3 Å². The van der Waals surface area contributed by atoms with Crippen LogP contribution in [0.15, 0.2) is 69.9 Å². The Morgan fingerprint density at radius 1 is 1.00 bits per heavy atom. The van der Waals surface area contributed by atoms with Crippen LogP contribution >= 0.6 is 0 Å². The summed E-state index contributed by atoms with van der Waals surface area (Å²) >= 11 is 0. The van der Waals surface area contributed by atoms with Gasteiger partial charge in [0.15, 0.2) is 5.75 Å². The third-order valence-electron chi connectivity index (χ3n) is 4.06. The lowest BCUT2D eigenvalue weighted by Gasteiger charge is -2.14. The summed E-state index contributed by atoms with van der Waals surface area (Å²) < 4.78 is 11.1. The van der Waals surface area contributed by atoms with Crippen LogP contribution in [0.3, 0.4) is 0 Å². The normalized spacial score (nSPS) is 11.0. The van der Waals surface area contributed by atoms with Crippen molar-refractivity contribution in [2.45, 2.75) is 0 Å². The minimum Gasteiger partial charge on any atom is -0.504 e. The van der Waals surface area contributed by atoms with Gasteiger partial charge in [0.05, 0.1) is 7.11 Å². The van der Waals surface area contributed by atoms with E-state index in [1.54, 1.807) is 13.2 Å². The summed E-state index contributed by atoms with van der Waals surface area (Å²) in [6.45, 7) is 0. The fourth-order valence-corrected chi connectivity index (χ4v) is 2.90. The molecule has 0 radical (unpaired) electrons. The quantitative estimate of drug-likeness (QED) is 0.560. The van der Waals surface area contributed by atoms with E-state index in [9.17, 15) is 9.90 Å². The summed E-state index contributed by atoms with van der Waals surface area (Å²) in [7, 11) is 1.57. The van der Waals surface area contributed by atoms with Crippen LogP contribution in [0, 0.1) is 0 Å². The third-order valence-corrected chi connectivity index (χ3v) is 4.06. The van der Waals surface area contributed by atoms with E-state index < -0.39 is 5.43 Å². The van der Waals surface area contributed by atoms with E-state index in [4.69, 9.17) is 9.15 Å². The van der Waals surface area contributed by atoms with E-state index in [-0.39, 0.29) is 5.75 Å². The Labute approximate surface area is 137 Å². The molecule has 0 atom stereocenters. The van der Waals surface area contributed by atoms with E-state index in [2.05, 4.69) is 0 Å². The summed E-state index contributed by atoms with van der Waals surface area (Å²) in [6.07, 6.45) is 0. The second-order valence-corrected chi connectivity index (χ2v) is 5.53. The van der Waals surface area contributed by atoms with Gasteiger partial charge in [0.25, 0.3) is 0 Å². The second kappa shape index (κ2) is 5.42. The highest BCUT2D eigenvalue weighted by molar-refractivity contribution is 5.92. The van der Waals surface area contributed by atoms with Gasteiger partial charge in [0, 0.05) is 22.6 Å². The van der Waals surface area contributed by atoms with E-state index in [1.807, 2.05) is 48.5 Å². The molecule has 0 spiro atoms. The molecule has 118 valence electrons. The molecule has 4 nitrogen and oxygen atoms in total. The van der Waals surface area contributed by atoms with Gasteiger partial charge in [-0.25, -0.2) is 0 Å². The molecule has 2 aliphatic rings. The van der Waals surface area contributed by atoms with Crippen molar-refractivity contribution in [3.8, 4) is 33.9 Å². The standard InChI is InChI=1S/C20H14O4/c1-23-14-7-4-6-13(9-14)19-15-10-12-5-2-3-8-17(12)24-18(15)11-16(21)20(19)22/h2-11,22H,1H3. The molecular formula is C20H14O4. The van der Waals surface area contributed by atoms with Gasteiger partial charge in [-0.3, -0.25) is 4.79 Å². The predicted octanol–water partition coefficient (Wildman–Crippen LogP) is 4.28. The van der Waals surface area contributed by atoms with Crippen molar-refractivity contribution in [1.29, 1.82) is 0 Å². The van der Waals surface area contributed by atoms with Gasteiger partial charge >= 0.3 is 0 Å². The summed E-state index contributed by atoms with van der Waals surface area (Å²) in [5.74, 6) is 0.796. The van der Waals surface area contributed by atoms with E-state index in [0.29, 0.717) is 33.8 Å². The summed E-state index contributed by atoms with van der Waals surface area (Å²) in [5, 5.41) is 11.3. The first kappa shape index (κ1) is 14.3. The first-order chi connectivity index (χ1) is 11.7. The number of fused-ring (bicyclic) bond motifs is 2. The van der Waals surface area contributed by atoms with E-state index >= 15 is 0 Å². The molecule has 0 fully saturated rings. The van der Waals surface area contributed by atoms with Crippen LogP contribution in [0.25, 0.3) is 33.4 Å². The number of phenolic OH excluding ortho intramolecular Hbond substituents is 1. The molecule has 1 heterocycles. The Morgan fingerprint density at radius 3 is 2.67 bits per heavy atom. The molecule has 1 aliphatic carbocycles. The highest BCUT2D eigenvalue weighted by atomic mass is 16.5. The molecule has 24 heavy (non-hydrogen) atoms. The molecule has 0 aromatic heterocycles. The van der Waals surface area contributed by atoms with Gasteiger partial charge in [0.2, 0.25) is 5.43 Å². The number of hydrogen-bond donors (Lipinski definition) is 1. The maximum absolute atomic E-state index is 12.2. The number of hydrogen-bond acceptors (Lipinski definition) is 4. The minimum atomic E-state index is -0.473. The maximum Gasteiger partial charge on any atom is 0.224 e. The predicted molar refractivity (Wildman–Crippen MR) is 92.8 cm³/mol. The first-order valence-electron chi connectivity index (χ1n) is 7.50. The molecule has 0 amide bonds. The molecule has 0 unspecified atom stereocenters. The SMILES string of the molecule is COc1cccc(-c2c3cc4ccccc4oc-3cc(=O)c2O)c1. The van der Waals surface area contributed by atoms with Crippen LogP contribution < -0.4 is 10.2 Å². The fourth-order valence-electron chi connectivity index (χ4n) is 2.90. The Kier molecular flexibility index (Phi) is 3.24. The first-order valence-corrected chi connectivity index (χ1v) is 7.50. The molecule has 1 N–H and O–H groups in total. The van der Waals surface area contributed by atoms with Crippen molar-refractivity contribution in [3.05, 3.63) is 70.9 Å². The van der Waals surface area contributed by atoms with Crippen LogP contribution in [-0.2, 0) is 0 Å². The number of benzene rings is 3. The van der Waals surface area contributed by atoms with Crippen molar-refractivity contribution in [2.24, 2.45) is 0 Å². The average molecular weight is 318 g/mol. The number of aromatic hydroxyl groups is 1. The molecule has 4 rings (SSSR count). The molecule has 2 aromatic carbocycles. The van der Waals surface area contributed by atoms with Crippen molar-refractivity contribution in [1.82, 2.24) is 0 Å². The second-order valence-electron chi connectivity index (χ2n) is 5.53. The maximum atomic E-state index is 12.2. The molecule has 1 aliphatic heterocycles. The number of ether oxygens (including phenoxy) is 1. The van der Waals surface area contributed by atoms with Crippen LogP contribution in [0.2, 0.25) is 0 Å². The zero-order chi connectivity index (χ0) is 16.7. The zero-order valence-corrected chi connectivity index (χ0v) is 12.9. The highest BCUT2D eigenvalue weighted by Crippen LogP contribution is 2.40. The Morgan fingerprint density at radius 2 is 1.83 bits per heavy atom. The molecular weight excluding hydrogens is 304 g/mol. The summed E-state index contributed by atoms with van der Waals surface area (Å²) in [5.41, 5.74) is 2.04. The van der Waals surface area contributed by atoms with Gasteiger partial charge in [-0.15, -0.1) is 0 Å². The van der Waals surface area contributed by atoms with Crippen molar-refractivity contribution in [2.75, 3.05) is 7.11 Å². The Hall–Kier alpha value is -3.27. The largest absolute Gasteiger partial charge is 0.504 e. The number of methoxy groups -OCH3 is 1. The average Bonchev–Trinajstić information content (AvgIpc) is 2.61. The van der Waals surface area contributed by atoms with Crippen LogP contribution in [-0.4, -0.2) is 12.2 Å². The third kappa shape index (κ3) is 2.20. The molecule has 4 heteroatoms. The van der Waals surface area contributed by atoms with Gasteiger partial charge in [-0.05, 0) is 29.8 Å². The van der Waals surface area contributed by atoms with Gasteiger partial charge in [0.1, 0.15) is 17.1 Å².